The Morgan fingerprint density at radius 2 is 1.85 bits per heavy atom. The molecule has 0 aliphatic heterocycles. The number of methoxy groups -OCH3 is 1. The van der Waals surface area contributed by atoms with Crippen LogP contribution in [0.25, 0.3) is 10.9 Å². The molecule has 0 spiro atoms. The van der Waals surface area contributed by atoms with Crippen LogP contribution in [0.5, 0.6) is 5.75 Å². The highest BCUT2D eigenvalue weighted by Gasteiger charge is 2.21. The van der Waals surface area contributed by atoms with Crippen LogP contribution in [-0.2, 0) is 6.54 Å². The molecule has 3 aromatic rings. The molecule has 2 aromatic carbocycles. The average Bonchev–Trinajstić information content (AvgIpc) is 2.61. The van der Waals surface area contributed by atoms with Crippen molar-refractivity contribution < 1.29 is 41.5 Å². The van der Waals surface area contributed by atoms with E-state index in [-0.39, 0.29) is 51.8 Å². The second-order valence-corrected chi connectivity index (χ2v) is 5.26. The number of nitrogens with zero attached hydrogens (tertiary/aromatic N) is 2. The highest BCUT2D eigenvalue weighted by atomic mass is 79.9. The normalized spacial score (nSPS) is 9.73. The molecule has 7 nitrogen and oxygen atoms in total. The van der Waals surface area contributed by atoms with Crippen molar-refractivity contribution in [2.45, 2.75) is 6.54 Å². The molecule has 0 saturated carbocycles. The van der Waals surface area contributed by atoms with E-state index in [0.29, 0.717) is 0 Å². The predicted molar refractivity (Wildman–Crippen MR) is 91.7 cm³/mol. The topological polar surface area (TPSA) is 105 Å². The van der Waals surface area contributed by atoms with Crippen molar-refractivity contribution in [2.24, 2.45) is 0 Å². The number of carbonyl (C=O) groups excluding carboxylic acids is 1. The second-order valence-electron chi connectivity index (χ2n) is 5.26. The van der Waals surface area contributed by atoms with Crippen molar-refractivity contribution in [1.82, 2.24) is 0 Å². The SMILES string of the molecule is COc1ccc(C(=O)C[n+]2cccc3ccccc32)cc1[N+](=O)[O-].O.[Br-]. The lowest BCUT2D eigenvalue weighted by atomic mass is 10.1. The van der Waals surface area contributed by atoms with Gasteiger partial charge in [-0.15, -0.1) is 0 Å². The first kappa shape index (κ1) is 21.2. The third-order valence-corrected chi connectivity index (χ3v) is 3.80. The number of ketones is 1. The molecule has 0 saturated heterocycles. The molecule has 0 bridgehead atoms. The molecule has 0 atom stereocenters. The first-order chi connectivity index (χ1) is 11.6. The molecular formula is C18H17BrN2O5. The van der Waals surface area contributed by atoms with Crippen molar-refractivity contribution in [2.75, 3.05) is 7.11 Å². The lowest BCUT2D eigenvalue weighted by molar-refractivity contribution is -0.657. The number of benzene rings is 2. The van der Waals surface area contributed by atoms with Gasteiger partial charge in [-0.1, -0.05) is 12.1 Å². The summed E-state index contributed by atoms with van der Waals surface area (Å²) >= 11 is 0. The third kappa shape index (κ3) is 4.22. The quantitative estimate of drug-likeness (QED) is 0.231. The number of rotatable bonds is 5. The lowest BCUT2D eigenvalue weighted by Crippen LogP contribution is -3.00. The van der Waals surface area contributed by atoms with Crippen LogP contribution in [0, 0.1) is 10.1 Å². The van der Waals surface area contributed by atoms with Crippen molar-refractivity contribution in [3.63, 3.8) is 0 Å². The van der Waals surface area contributed by atoms with Crippen molar-refractivity contribution in [3.8, 4) is 5.75 Å². The van der Waals surface area contributed by atoms with Gasteiger partial charge in [0.05, 0.1) is 12.0 Å². The number of nitro groups is 1. The first-order valence-corrected chi connectivity index (χ1v) is 7.33. The predicted octanol–water partition coefficient (Wildman–Crippen LogP) is -0.894. The number of halogens is 1. The number of pyridine rings is 1. The zero-order valence-corrected chi connectivity index (χ0v) is 15.5. The summed E-state index contributed by atoms with van der Waals surface area (Å²) in [5.74, 6) is -0.0727. The first-order valence-electron chi connectivity index (χ1n) is 7.33. The van der Waals surface area contributed by atoms with E-state index in [1.807, 2.05) is 47.2 Å². The molecule has 0 aliphatic carbocycles. The van der Waals surface area contributed by atoms with E-state index >= 15 is 0 Å². The summed E-state index contributed by atoms with van der Waals surface area (Å²) in [5, 5.41) is 12.1. The second kappa shape index (κ2) is 9.02. The Bertz CT molecular complexity index is 941. The molecule has 136 valence electrons. The van der Waals surface area contributed by atoms with Gasteiger partial charge in [0.25, 0.3) is 0 Å². The minimum absolute atomic E-state index is 0. The van der Waals surface area contributed by atoms with Gasteiger partial charge < -0.3 is 27.2 Å². The van der Waals surface area contributed by atoms with Gasteiger partial charge >= 0.3 is 5.69 Å². The van der Waals surface area contributed by atoms with Crippen molar-refractivity contribution in [1.29, 1.82) is 0 Å². The Hall–Kier alpha value is -2.84. The Balaban J connectivity index is 0.00000169. The van der Waals surface area contributed by atoms with Crippen LogP contribution in [0.15, 0.2) is 60.8 Å². The monoisotopic (exact) mass is 420 g/mol. The number of fused-ring (bicyclic) bond motifs is 1. The number of nitro benzene ring substituents is 1. The minimum Gasteiger partial charge on any atom is -1.00 e. The highest BCUT2D eigenvalue weighted by Crippen LogP contribution is 2.27. The summed E-state index contributed by atoms with van der Waals surface area (Å²) in [6.45, 7) is 0.102. The minimum atomic E-state index is -0.555. The maximum absolute atomic E-state index is 12.5. The van der Waals surface area contributed by atoms with Gasteiger partial charge in [-0.05, 0) is 24.3 Å². The van der Waals surface area contributed by atoms with Gasteiger partial charge in [-0.25, -0.2) is 0 Å². The molecule has 2 N–H and O–H groups in total. The molecule has 0 unspecified atom stereocenters. The number of hydrogen-bond donors (Lipinski definition) is 0. The molecule has 8 heteroatoms. The summed E-state index contributed by atoms with van der Waals surface area (Å²) in [6.07, 6.45) is 1.82. The Labute approximate surface area is 160 Å². The molecular weight excluding hydrogens is 404 g/mol. The van der Waals surface area contributed by atoms with Gasteiger partial charge in [0.15, 0.2) is 11.9 Å². The summed E-state index contributed by atoms with van der Waals surface area (Å²) in [7, 11) is 1.36. The zero-order chi connectivity index (χ0) is 17.1. The average molecular weight is 421 g/mol. The Kier molecular flexibility index (Phi) is 7.36. The smallest absolute Gasteiger partial charge is 0.311 e. The zero-order valence-electron chi connectivity index (χ0n) is 13.9. The van der Waals surface area contributed by atoms with Crippen LogP contribution < -0.4 is 26.3 Å². The maximum atomic E-state index is 12.5. The number of aromatic nitrogens is 1. The van der Waals surface area contributed by atoms with E-state index < -0.39 is 4.92 Å². The summed E-state index contributed by atoms with van der Waals surface area (Å²) in [5.41, 5.74) is 0.991. The molecule has 1 heterocycles. The van der Waals surface area contributed by atoms with E-state index in [2.05, 4.69) is 0 Å². The fourth-order valence-corrected chi connectivity index (χ4v) is 2.61. The van der Waals surface area contributed by atoms with Crippen LogP contribution in [0.3, 0.4) is 0 Å². The fraction of sp³-hybridized carbons (Fsp3) is 0.111. The fourth-order valence-electron chi connectivity index (χ4n) is 2.61. The maximum Gasteiger partial charge on any atom is 0.311 e. The van der Waals surface area contributed by atoms with Crippen LogP contribution in [-0.4, -0.2) is 23.3 Å². The van der Waals surface area contributed by atoms with E-state index in [0.717, 1.165) is 10.9 Å². The van der Waals surface area contributed by atoms with E-state index in [4.69, 9.17) is 4.74 Å². The molecule has 0 fully saturated rings. The largest absolute Gasteiger partial charge is 1.00 e. The summed E-state index contributed by atoms with van der Waals surface area (Å²) < 4.78 is 6.79. The van der Waals surface area contributed by atoms with Gasteiger partial charge in [0, 0.05) is 29.1 Å². The van der Waals surface area contributed by atoms with Gasteiger partial charge in [0.1, 0.15) is 0 Å². The Morgan fingerprint density at radius 1 is 1.15 bits per heavy atom. The lowest BCUT2D eigenvalue weighted by Gasteiger charge is -2.04. The van der Waals surface area contributed by atoms with Crippen molar-refractivity contribution >= 4 is 22.4 Å². The summed E-state index contributed by atoms with van der Waals surface area (Å²) in [6, 6.07) is 15.8. The van der Waals surface area contributed by atoms with Gasteiger partial charge in [-0.3, -0.25) is 14.9 Å². The molecule has 0 aliphatic rings. The van der Waals surface area contributed by atoms with Crippen LogP contribution in [0.1, 0.15) is 10.4 Å². The molecule has 26 heavy (non-hydrogen) atoms. The van der Waals surface area contributed by atoms with E-state index in [1.54, 1.807) is 6.07 Å². The van der Waals surface area contributed by atoms with Crippen LogP contribution in [0.4, 0.5) is 5.69 Å². The number of para-hydroxylation sites is 1. The number of ether oxygens (including phenoxy) is 1. The number of carbonyl (C=O) groups is 1. The van der Waals surface area contributed by atoms with Crippen LogP contribution in [0.2, 0.25) is 0 Å². The Morgan fingerprint density at radius 3 is 2.54 bits per heavy atom. The highest BCUT2D eigenvalue weighted by molar-refractivity contribution is 5.96. The number of hydrogen-bond acceptors (Lipinski definition) is 4. The summed E-state index contributed by atoms with van der Waals surface area (Å²) in [4.78, 5) is 23.1. The molecule has 1 aromatic heterocycles. The number of Topliss-reactive ketones (excluding diaryl/α,β-unsaturated/α-hetero) is 1. The van der Waals surface area contributed by atoms with Crippen molar-refractivity contribution in [3.05, 3.63) is 76.5 Å². The molecule has 3 rings (SSSR count). The molecule has 0 amide bonds. The third-order valence-electron chi connectivity index (χ3n) is 3.80. The van der Waals surface area contributed by atoms with Crippen LogP contribution >= 0.6 is 0 Å². The molecule has 0 radical (unpaired) electrons. The van der Waals surface area contributed by atoms with E-state index in [1.165, 1.54) is 19.2 Å². The van der Waals surface area contributed by atoms with E-state index in [9.17, 15) is 14.9 Å². The van der Waals surface area contributed by atoms with Gasteiger partial charge in [-0.2, -0.15) is 4.57 Å². The van der Waals surface area contributed by atoms with Gasteiger partial charge in [0.2, 0.25) is 17.8 Å². The standard InChI is InChI=1S/C18H15N2O4.BrH.H2O/c1-24-18-9-8-14(11-16(18)20(22)23)17(21)12-19-10-4-6-13-5-2-3-7-15(13)19;;/h2-11H,12H2,1H3;1H;1H2/q+1;;/p-1.